The van der Waals surface area contributed by atoms with Crippen LogP contribution in [0.25, 0.3) is 0 Å². The van der Waals surface area contributed by atoms with E-state index in [1.165, 1.54) is 0 Å². The Bertz CT molecular complexity index is 989. The van der Waals surface area contributed by atoms with Gasteiger partial charge < -0.3 is 9.80 Å². The largest absolute Gasteiger partial charge is 0.339 e. The summed E-state index contributed by atoms with van der Waals surface area (Å²) < 4.78 is 0. The highest BCUT2D eigenvalue weighted by molar-refractivity contribution is 7.99. The van der Waals surface area contributed by atoms with Crippen LogP contribution in [0, 0.1) is 0 Å². The van der Waals surface area contributed by atoms with E-state index in [0.717, 1.165) is 15.6 Å². The van der Waals surface area contributed by atoms with Crippen molar-refractivity contribution in [2.45, 2.75) is 16.3 Å². The van der Waals surface area contributed by atoms with Crippen molar-refractivity contribution < 1.29 is 9.59 Å². The van der Waals surface area contributed by atoms with Crippen LogP contribution in [0.4, 0.5) is 0 Å². The fourth-order valence-corrected chi connectivity index (χ4v) is 4.08. The van der Waals surface area contributed by atoms with E-state index in [2.05, 4.69) is 9.97 Å². The number of benzene rings is 1. The van der Waals surface area contributed by atoms with Gasteiger partial charge in [0.1, 0.15) is 5.03 Å². The van der Waals surface area contributed by atoms with Gasteiger partial charge in [-0.25, -0.2) is 4.98 Å². The average Bonchev–Trinajstić information content (AvgIpc) is 2.80. The highest BCUT2D eigenvalue weighted by Crippen LogP contribution is 2.26. The Balaban J connectivity index is 1.30. The Morgan fingerprint density at radius 1 is 0.800 bits per heavy atom. The van der Waals surface area contributed by atoms with Gasteiger partial charge in [-0.3, -0.25) is 14.6 Å². The molecule has 1 aliphatic heterocycles. The molecule has 3 aromatic rings. The summed E-state index contributed by atoms with van der Waals surface area (Å²) in [5.41, 5.74) is 1.43. The lowest BCUT2D eigenvalue weighted by Gasteiger charge is -2.34. The van der Waals surface area contributed by atoms with Crippen LogP contribution in [-0.2, 0) is 11.2 Å². The quantitative estimate of drug-likeness (QED) is 0.637. The van der Waals surface area contributed by atoms with Crippen LogP contribution < -0.4 is 0 Å². The van der Waals surface area contributed by atoms with E-state index < -0.39 is 0 Å². The molecule has 0 atom stereocenters. The maximum absolute atomic E-state index is 12.8. The maximum atomic E-state index is 12.8. The van der Waals surface area contributed by atoms with E-state index >= 15 is 0 Å². The molecule has 0 aliphatic carbocycles. The smallest absolute Gasteiger partial charge is 0.253 e. The normalized spacial score (nSPS) is 13.9. The number of amides is 2. The van der Waals surface area contributed by atoms with Crippen molar-refractivity contribution in [2.24, 2.45) is 0 Å². The predicted molar refractivity (Wildman–Crippen MR) is 115 cm³/mol. The predicted octanol–water partition coefficient (Wildman–Crippen LogP) is 3.15. The first-order valence-electron chi connectivity index (χ1n) is 9.85. The van der Waals surface area contributed by atoms with Crippen molar-refractivity contribution in [1.82, 2.24) is 19.8 Å². The highest BCUT2D eigenvalue weighted by Gasteiger charge is 2.25. The molecular formula is C23H22N4O2S. The van der Waals surface area contributed by atoms with Gasteiger partial charge in [-0.2, -0.15) is 0 Å². The molecule has 0 unspecified atom stereocenters. The van der Waals surface area contributed by atoms with Crippen molar-refractivity contribution in [3.8, 4) is 0 Å². The molecule has 1 fully saturated rings. The van der Waals surface area contributed by atoms with Crippen molar-refractivity contribution in [1.29, 1.82) is 0 Å². The lowest BCUT2D eigenvalue weighted by atomic mass is 10.1. The Kier molecular flexibility index (Phi) is 6.39. The monoisotopic (exact) mass is 418 g/mol. The summed E-state index contributed by atoms with van der Waals surface area (Å²) in [4.78, 5) is 38.5. The molecular weight excluding hydrogens is 396 g/mol. The Morgan fingerprint density at radius 3 is 2.10 bits per heavy atom. The third-order valence-electron chi connectivity index (χ3n) is 4.94. The fourth-order valence-electron chi connectivity index (χ4n) is 3.30. The SMILES string of the molecule is O=C(Cc1ccccn1)N1CCN(C(=O)c2ccc(Sc3ccccn3)cc2)CC1. The van der Waals surface area contributed by atoms with E-state index in [1.54, 1.807) is 24.2 Å². The van der Waals surface area contributed by atoms with Crippen LogP contribution in [0.3, 0.4) is 0 Å². The van der Waals surface area contributed by atoms with Gasteiger partial charge >= 0.3 is 0 Å². The minimum atomic E-state index is 0.00112. The number of piperazine rings is 1. The lowest BCUT2D eigenvalue weighted by Crippen LogP contribution is -2.51. The topological polar surface area (TPSA) is 66.4 Å². The standard InChI is InChI=1S/C23H22N4O2S/c28-22(17-19-5-1-3-11-24-19)26-13-15-27(16-14-26)23(29)18-7-9-20(10-8-18)30-21-6-2-4-12-25-21/h1-12H,13-17H2. The third-order valence-corrected chi connectivity index (χ3v) is 5.90. The molecule has 3 heterocycles. The van der Waals surface area contributed by atoms with Crippen molar-refractivity contribution >= 4 is 23.6 Å². The average molecular weight is 419 g/mol. The molecule has 6 nitrogen and oxygen atoms in total. The second kappa shape index (κ2) is 9.54. The summed E-state index contributed by atoms with van der Waals surface area (Å²) in [6.45, 7) is 2.17. The Morgan fingerprint density at radius 2 is 1.47 bits per heavy atom. The minimum absolute atomic E-state index is 0.00112. The molecule has 4 rings (SSSR count). The van der Waals surface area contributed by atoms with Gasteiger partial charge in [0.25, 0.3) is 5.91 Å². The van der Waals surface area contributed by atoms with Gasteiger partial charge in [0.2, 0.25) is 5.91 Å². The van der Waals surface area contributed by atoms with E-state index in [-0.39, 0.29) is 11.8 Å². The second-order valence-corrected chi connectivity index (χ2v) is 8.06. The van der Waals surface area contributed by atoms with E-state index in [9.17, 15) is 9.59 Å². The van der Waals surface area contributed by atoms with E-state index in [4.69, 9.17) is 0 Å². The molecule has 0 N–H and O–H groups in total. The van der Waals surface area contributed by atoms with Gasteiger partial charge in [0.05, 0.1) is 6.42 Å². The zero-order chi connectivity index (χ0) is 20.8. The van der Waals surface area contributed by atoms with Gasteiger partial charge in [-0.1, -0.05) is 23.9 Å². The number of hydrogen-bond donors (Lipinski definition) is 0. The maximum Gasteiger partial charge on any atom is 0.253 e. The number of carbonyl (C=O) groups is 2. The van der Waals surface area contributed by atoms with Gasteiger partial charge in [-0.05, 0) is 48.5 Å². The van der Waals surface area contributed by atoms with Crippen LogP contribution in [0.15, 0.2) is 83.0 Å². The molecule has 7 heteroatoms. The number of pyridine rings is 2. The zero-order valence-electron chi connectivity index (χ0n) is 16.5. The Hall–Kier alpha value is -3.19. The van der Waals surface area contributed by atoms with E-state index in [0.29, 0.717) is 38.2 Å². The molecule has 0 bridgehead atoms. The minimum Gasteiger partial charge on any atom is -0.339 e. The van der Waals surface area contributed by atoms with Gasteiger partial charge in [0, 0.05) is 54.7 Å². The summed E-state index contributed by atoms with van der Waals surface area (Å²) in [6.07, 6.45) is 3.75. The second-order valence-electron chi connectivity index (χ2n) is 6.97. The van der Waals surface area contributed by atoms with Crippen LogP contribution >= 0.6 is 11.8 Å². The lowest BCUT2D eigenvalue weighted by molar-refractivity contribution is -0.132. The molecule has 2 aromatic heterocycles. The van der Waals surface area contributed by atoms with Gasteiger partial charge in [0.15, 0.2) is 0 Å². The van der Waals surface area contributed by atoms with Crippen molar-refractivity contribution in [3.05, 3.63) is 84.3 Å². The van der Waals surface area contributed by atoms with Crippen molar-refractivity contribution in [2.75, 3.05) is 26.2 Å². The molecule has 1 aliphatic rings. The van der Waals surface area contributed by atoms with Crippen LogP contribution in [0.2, 0.25) is 0 Å². The summed E-state index contributed by atoms with van der Waals surface area (Å²) >= 11 is 1.56. The summed E-state index contributed by atoms with van der Waals surface area (Å²) in [7, 11) is 0. The fraction of sp³-hybridized carbons (Fsp3) is 0.217. The summed E-state index contributed by atoms with van der Waals surface area (Å²) in [5, 5.41) is 0.920. The van der Waals surface area contributed by atoms with Crippen LogP contribution in [0.5, 0.6) is 0 Å². The molecule has 1 aromatic carbocycles. The summed E-state index contributed by atoms with van der Waals surface area (Å²) in [6, 6.07) is 19.0. The molecule has 152 valence electrons. The number of aromatic nitrogens is 2. The van der Waals surface area contributed by atoms with Gasteiger partial charge in [-0.15, -0.1) is 0 Å². The third kappa shape index (κ3) is 5.04. The van der Waals surface area contributed by atoms with Crippen LogP contribution in [-0.4, -0.2) is 57.8 Å². The number of nitrogens with zero attached hydrogens (tertiary/aromatic N) is 4. The first-order chi connectivity index (χ1) is 14.7. The van der Waals surface area contributed by atoms with Crippen LogP contribution in [0.1, 0.15) is 16.1 Å². The molecule has 30 heavy (non-hydrogen) atoms. The molecule has 0 spiro atoms. The first kappa shape index (κ1) is 20.1. The number of rotatable bonds is 5. The first-order valence-corrected chi connectivity index (χ1v) is 10.7. The molecule has 2 amide bonds. The molecule has 0 radical (unpaired) electrons. The number of carbonyl (C=O) groups excluding carboxylic acids is 2. The molecule has 0 saturated carbocycles. The zero-order valence-corrected chi connectivity index (χ0v) is 17.3. The summed E-state index contributed by atoms with van der Waals surface area (Å²) in [5.74, 6) is 0.0536. The highest BCUT2D eigenvalue weighted by atomic mass is 32.2. The van der Waals surface area contributed by atoms with Crippen molar-refractivity contribution in [3.63, 3.8) is 0 Å². The number of hydrogen-bond acceptors (Lipinski definition) is 5. The Labute approximate surface area is 179 Å². The molecule has 1 saturated heterocycles. The van der Waals surface area contributed by atoms with E-state index in [1.807, 2.05) is 70.5 Å².